The first-order valence-corrected chi connectivity index (χ1v) is 9.16. The summed E-state index contributed by atoms with van der Waals surface area (Å²) in [5.74, 6) is 1.71. The van der Waals surface area contributed by atoms with Gasteiger partial charge in [0.05, 0.1) is 19.6 Å². The molecule has 0 aromatic carbocycles. The van der Waals surface area contributed by atoms with Crippen molar-refractivity contribution in [3.63, 3.8) is 0 Å². The zero-order valence-electron chi connectivity index (χ0n) is 14.8. The Morgan fingerprint density at radius 3 is 2.61 bits per heavy atom. The summed E-state index contributed by atoms with van der Waals surface area (Å²) < 4.78 is 11.0. The minimum absolute atomic E-state index is 0.245. The fourth-order valence-electron chi connectivity index (χ4n) is 4.31. The lowest BCUT2D eigenvalue weighted by Crippen LogP contribution is -2.47. The molecule has 0 unspecified atom stereocenters. The molecule has 1 spiro atoms. The average molecular weight is 324 g/mol. The van der Waals surface area contributed by atoms with Gasteiger partial charge in [0.2, 0.25) is 5.91 Å². The van der Waals surface area contributed by atoms with E-state index in [1.165, 1.54) is 12.8 Å². The number of ether oxygens (including phenoxy) is 2. The summed E-state index contributed by atoms with van der Waals surface area (Å²) in [5, 5.41) is 0. The maximum absolute atomic E-state index is 12.2. The van der Waals surface area contributed by atoms with E-state index in [-0.39, 0.29) is 5.91 Å². The molecular weight excluding hydrogens is 292 g/mol. The molecule has 3 rings (SSSR count). The van der Waals surface area contributed by atoms with Crippen molar-refractivity contribution in [3.05, 3.63) is 0 Å². The van der Waals surface area contributed by atoms with Gasteiger partial charge in [0.1, 0.15) is 0 Å². The van der Waals surface area contributed by atoms with Crippen LogP contribution in [0, 0.1) is 17.3 Å². The monoisotopic (exact) mass is 324 g/mol. The Labute approximate surface area is 140 Å². The molecule has 2 saturated heterocycles. The van der Waals surface area contributed by atoms with Crippen LogP contribution in [0.5, 0.6) is 0 Å². The SMILES string of the molecule is COCCC(=O)N1CCC2(CC1)CN(C)C[C@H]2COCC1CC1. The predicted molar refractivity (Wildman–Crippen MR) is 89.3 cm³/mol. The van der Waals surface area contributed by atoms with Gasteiger partial charge in [0.25, 0.3) is 0 Å². The highest BCUT2D eigenvalue weighted by molar-refractivity contribution is 5.76. The third-order valence-electron chi connectivity index (χ3n) is 5.98. The number of likely N-dealkylation sites (tertiary alicyclic amines) is 2. The third kappa shape index (κ3) is 4.25. The maximum Gasteiger partial charge on any atom is 0.224 e. The Balaban J connectivity index is 1.50. The topological polar surface area (TPSA) is 42.0 Å². The molecule has 1 amide bonds. The van der Waals surface area contributed by atoms with Crippen molar-refractivity contribution in [1.82, 2.24) is 9.80 Å². The molecule has 0 aromatic heterocycles. The third-order valence-corrected chi connectivity index (χ3v) is 5.98. The summed E-state index contributed by atoms with van der Waals surface area (Å²) in [6.07, 6.45) is 5.46. The van der Waals surface area contributed by atoms with E-state index in [2.05, 4.69) is 11.9 Å². The molecule has 2 heterocycles. The van der Waals surface area contributed by atoms with Crippen LogP contribution in [0.4, 0.5) is 0 Å². The van der Waals surface area contributed by atoms with Crippen molar-refractivity contribution in [2.45, 2.75) is 32.1 Å². The highest BCUT2D eigenvalue weighted by atomic mass is 16.5. The van der Waals surface area contributed by atoms with Crippen LogP contribution in [0.2, 0.25) is 0 Å². The lowest BCUT2D eigenvalue weighted by Gasteiger charge is -2.42. The van der Waals surface area contributed by atoms with Crippen molar-refractivity contribution in [3.8, 4) is 0 Å². The second-order valence-corrected chi connectivity index (χ2v) is 7.86. The Morgan fingerprint density at radius 2 is 1.96 bits per heavy atom. The summed E-state index contributed by atoms with van der Waals surface area (Å²) in [4.78, 5) is 16.7. The number of nitrogens with zero attached hydrogens (tertiary/aromatic N) is 2. The zero-order chi connectivity index (χ0) is 16.3. The number of carbonyl (C=O) groups excluding carboxylic acids is 1. The average Bonchev–Trinajstić information content (AvgIpc) is 3.31. The fraction of sp³-hybridized carbons (Fsp3) is 0.944. The summed E-state index contributed by atoms with van der Waals surface area (Å²) in [6, 6.07) is 0. The Hall–Kier alpha value is -0.650. The number of hydrogen-bond donors (Lipinski definition) is 0. The second-order valence-electron chi connectivity index (χ2n) is 7.86. The molecule has 0 N–H and O–H groups in total. The molecule has 1 atom stereocenters. The van der Waals surface area contributed by atoms with E-state index in [4.69, 9.17) is 9.47 Å². The lowest BCUT2D eigenvalue weighted by molar-refractivity contribution is -0.135. The minimum Gasteiger partial charge on any atom is -0.384 e. The molecule has 23 heavy (non-hydrogen) atoms. The summed E-state index contributed by atoms with van der Waals surface area (Å²) in [6.45, 7) is 6.48. The molecule has 5 nitrogen and oxygen atoms in total. The molecule has 0 radical (unpaired) electrons. The van der Waals surface area contributed by atoms with Gasteiger partial charge in [-0.3, -0.25) is 4.79 Å². The van der Waals surface area contributed by atoms with E-state index in [9.17, 15) is 4.79 Å². The smallest absolute Gasteiger partial charge is 0.224 e. The lowest BCUT2D eigenvalue weighted by atomic mass is 9.71. The standard InChI is InChI=1S/C18H32N2O3/c1-19-11-16(13-23-12-15-3-4-15)18(14-19)6-8-20(9-7-18)17(21)5-10-22-2/h15-16H,3-14H2,1-2H3/t16-/m0/s1. The highest BCUT2D eigenvalue weighted by Crippen LogP contribution is 2.44. The molecule has 3 fully saturated rings. The second kappa shape index (κ2) is 7.49. The van der Waals surface area contributed by atoms with Crippen molar-refractivity contribution in [2.24, 2.45) is 17.3 Å². The first kappa shape index (κ1) is 17.2. The number of hydrogen-bond acceptors (Lipinski definition) is 4. The van der Waals surface area contributed by atoms with E-state index >= 15 is 0 Å². The van der Waals surface area contributed by atoms with Crippen LogP contribution in [0.15, 0.2) is 0 Å². The van der Waals surface area contributed by atoms with Crippen LogP contribution in [0.25, 0.3) is 0 Å². The van der Waals surface area contributed by atoms with Crippen LogP contribution < -0.4 is 0 Å². The van der Waals surface area contributed by atoms with Gasteiger partial charge in [-0.1, -0.05) is 0 Å². The van der Waals surface area contributed by atoms with Crippen molar-refractivity contribution in [2.75, 3.05) is 60.2 Å². The maximum atomic E-state index is 12.2. The van der Waals surface area contributed by atoms with E-state index < -0.39 is 0 Å². The summed E-state index contributed by atoms with van der Waals surface area (Å²) in [5.41, 5.74) is 0.357. The van der Waals surface area contributed by atoms with Gasteiger partial charge in [0, 0.05) is 45.8 Å². The van der Waals surface area contributed by atoms with Crippen LogP contribution in [0.3, 0.4) is 0 Å². The molecule has 132 valence electrons. The van der Waals surface area contributed by atoms with Gasteiger partial charge in [0.15, 0.2) is 0 Å². The number of rotatable bonds is 7. The Morgan fingerprint density at radius 1 is 1.22 bits per heavy atom. The van der Waals surface area contributed by atoms with Crippen molar-refractivity contribution in [1.29, 1.82) is 0 Å². The number of piperidine rings is 1. The predicted octanol–water partition coefficient (Wildman–Crippen LogP) is 1.62. The molecular formula is C18H32N2O3. The van der Waals surface area contributed by atoms with Crippen LogP contribution in [-0.2, 0) is 14.3 Å². The molecule has 0 aromatic rings. The van der Waals surface area contributed by atoms with Crippen LogP contribution in [0.1, 0.15) is 32.1 Å². The molecule has 1 aliphatic carbocycles. The quantitative estimate of drug-likeness (QED) is 0.714. The normalized spacial score (nSPS) is 27.7. The van der Waals surface area contributed by atoms with Gasteiger partial charge < -0.3 is 19.3 Å². The molecule has 2 aliphatic heterocycles. The molecule has 3 aliphatic rings. The molecule has 5 heteroatoms. The Kier molecular flexibility index (Phi) is 5.60. The van der Waals surface area contributed by atoms with Crippen molar-refractivity contribution >= 4 is 5.91 Å². The summed E-state index contributed by atoms with van der Waals surface area (Å²) >= 11 is 0. The van der Waals surface area contributed by atoms with Gasteiger partial charge in [-0.05, 0) is 44.1 Å². The first-order chi connectivity index (χ1) is 11.1. The van der Waals surface area contributed by atoms with E-state index in [1.807, 2.05) is 4.90 Å². The number of carbonyl (C=O) groups is 1. The highest BCUT2D eigenvalue weighted by Gasteiger charge is 2.47. The van der Waals surface area contributed by atoms with Gasteiger partial charge in [-0.2, -0.15) is 0 Å². The largest absolute Gasteiger partial charge is 0.384 e. The van der Waals surface area contributed by atoms with Crippen molar-refractivity contribution < 1.29 is 14.3 Å². The zero-order valence-corrected chi connectivity index (χ0v) is 14.8. The van der Waals surface area contributed by atoms with Gasteiger partial charge in [-0.25, -0.2) is 0 Å². The number of amides is 1. The van der Waals surface area contributed by atoms with E-state index in [0.29, 0.717) is 24.4 Å². The van der Waals surface area contributed by atoms with E-state index in [0.717, 1.165) is 58.2 Å². The van der Waals surface area contributed by atoms with E-state index in [1.54, 1.807) is 7.11 Å². The molecule has 0 bridgehead atoms. The Bertz CT molecular complexity index is 403. The number of methoxy groups -OCH3 is 1. The minimum atomic E-state index is 0.245. The van der Waals surface area contributed by atoms with Crippen LogP contribution >= 0.6 is 0 Å². The van der Waals surface area contributed by atoms with Gasteiger partial charge >= 0.3 is 0 Å². The van der Waals surface area contributed by atoms with Crippen LogP contribution in [-0.4, -0.2) is 75.9 Å². The first-order valence-electron chi connectivity index (χ1n) is 9.16. The van der Waals surface area contributed by atoms with Gasteiger partial charge in [-0.15, -0.1) is 0 Å². The molecule has 1 saturated carbocycles. The fourth-order valence-corrected chi connectivity index (χ4v) is 4.31. The summed E-state index contributed by atoms with van der Waals surface area (Å²) in [7, 11) is 3.87.